The fourth-order valence-corrected chi connectivity index (χ4v) is 3.35. The number of benzene rings is 1. The van der Waals surface area contributed by atoms with Gasteiger partial charge in [0.2, 0.25) is 0 Å². The monoisotopic (exact) mass is 263 g/mol. The van der Waals surface area contributed by atoms with E-state index in [1.807, 2.05) is 42.1 Å². The molecule has 1 aromatic carbocycles. The summed E-state index contributed by atoms with van der Waals surface area (Å²) in [5.74, 6) is 2.63. The van der Waals surface area contributed by atoms with Crippen molar-refractivity contribution in [3.63, 3.8) is 0 Å². The molecule has 0 bridgehead atoms. The zero-order valence-corrected chi connectivity index (χ0v) is 12.0. The molecule has 0 radical (unpaired) electrons. The van der Waals surface area contributed by atoms with E-state index >= 15 is 0 Å². The fourth-order valence-electron chi connectivity index (χ4n) is 2.37. The van der Waals surface area contributed by atoms with Gasteiger partial charge in [-0.15, -0.1) is 0 Å². The molecule has 2 rings (SSSR count). The Kier molecular flexibility index (Phi) is 4.46. The molecular weight excluding hydrogens is 242 g/mol. The van der Waals surface area contributed by atoms with Crippen LogP contribution >= 0.6 is 11.8 Å². The third-order valence-corrected chi connectivity index (χ3v) is 4.32. The summed E-state index contributed by atoms with van der Waals surface area (Å²) in [6.45, 7) is 7.20. The summed E-state index contributed by atoms with van der Waals surface area (Å²) < 4.78 is 0. The molecule has 1 heterocycles. The number of ketones is 1. The molecule has 2 nitrogen and oxygen atoms in total. The molecule has 0 N–H and O–H groups in total. The van der Waals surface area contributed by atoms with E-state index in [4.69, 9.17) is 0 Å². The molecule has 0 aliphatic carbocycles. The number of hydrogen-bond acceptors (Lipinski definition) is 3. The first-order chi connectivity index (χ1) is 8.59. The molecule has 1 aliphatic heterocycles. The molecule has 18 heavy (non-hydrogen) atoms. The highest BCUT2D eigenvalue weighted by atomic mass is 32.2. The van der Waals surface area contributed by atoms with Gasteiger partial charge in [-0.3, -0.25) is 4.79 Å². The van der Waals surface area contributed by atoms with Crippen LogP contribution in [0.3, 0.4) is 0 Å². The Morgan fingerprint density at radius 1 is 1.22 bits per heavy atom. The van der Waals surface area contributed by atoms with Crippen LogP contribution in [0.15, 0.2) is 30.3 Å². The van der Waals surface area contributed by atoms with Gasteiger partial charge >= 0.3 is 0 Å². The van der Waals surface area contributed by atoms with Crippen LogP contribution in [0.5, 0.6) is 0 Å². The molecule has 98 valence electrons. The van der Waals surface area contributed by atoms with Gasteiger partial charge in [0.1, 0.15) is 0 Å². The van der Waals surface area contributed by atoms with E-state index < -0.39 is 0 Å². The Bertz CT molecular complexity index is 396. The minimum atomic E-state index is -0.302. The maximum atomic E-state index is 12.5. The van der Waals surface area contributed by atoms with Crippen molar-refractivity contribution in [1.29, 1.82) is 0 Å². The highest BCUT2D eigenvalue weighted by Crippen LogP contribution is 2.24. The van der Waals surface area contributed by atoms with E-state index in [1.54, 1.807) is 0 Å². The third-order valence-electron chi connectivity index (χ3n) is 3.37. The van der Waals surface area contributed by atoms with Crippen molar-refractivity contribution in [2.45, 2.75) is 13.8 Å². The minimum Gasteiger partial charge on any atom is -0.301 e. The molecule has 0 saturated carbocycles. The lowest BCUT2D eigenvalue weighted by molar-refractivity contribution is 0.0772. The quantitative estimate of drug-likeness (QED) is 0.779. The Morgan fingerprint density at radius 2 is 1.83 bits per heavy atom. The Hall–Kier alpha value is -0.800. The lowest BCUT2D eigenvalue weighted by Crippen LogP contribution is -2.43. The van der Waals surface area contributed by atoms with Crippen LogP contribution < -0.4 is 0 Å². The van der Waals surface area contributed by atoms with Gasteiger partial charge in [0.05, 0.1) is 0 Å². The zero-order chi connectivity index (χ0) is 13.0. The van der Waals surface area contributed by atoms with Gasteiger partial charge < -0.3 is 4.90 Å². The highest BCUT2D eigenvalue weighted by Gasteiger charge is 2.31. The molecule has 0 atom stereocenters. The molecule has 1 fully saturated rings. The number of rotatable bonds is 4. The van der Waals surface area contributed by atoms with Gasteiger partial charge in [0, 0.05) is 42.1 Å². The molecule has 3 heteroatoms. The van der Waals surface area contributed by atoms with Crippen molar-refractivity contribution in [3.05, 3.63) is 35.9 Å². The number of carbonyl (C=O) groups is 1. The summed E-state index contributed by atoms with van der Waals surface area (Å²) in [4.78, 5) is 14.9. The van der Waals surface area contributed by atoms with Gasteiger partial charge in [-0.25, -0.2) is 0 Å². The fraction of sp³-hybridized carbons (Fsp3) is 0.533. The summed E-state index contributed by atoms with van der Waals surface area (Å²) in [6, 6.07) is 9.64. The second-order valence-corrected chi connectivity index (χ2v) is 6.69. The summed E-state index contributed by atoms with van der Waals surface area (Å²) in [6.07, 6.45) is 0. The molecule has 0 aromatic heterocycles. The van der Waals surface area contributed by atoms with E-state index in [1.165, 1.54) is 11.5 Å². The van der Waals surface area contributed by atoms with Crippen LogP contribution in [0.25, 0.3) is 0 Å². The van der Waals surface area contributed by atoms with Crippen LogP contribution in [0.2, 0.25) is 0 Å². The number of thioether (sulfide) groups is 1. The predicted octanol–water partition coefficient (Wildman–Crippen LogP) is 2.94. The first kappa shape index (κ1) is 13.6. The van der Waals surface area contributed by atoms with E-state index in [0.717, 1.165) is 25.2 Å². The third kappa shape index (κ3) is 3.36. The van der Waals surface area contributed by atoms with E-state index in [-0.39, 0.29) is 11.2 Å². The smallest absolute Gasteiger partial charge is 0.169 e. The van der Waals surface area contributed by atoms with Gasteiger partial charge in [-0.1, -0.05) is 44.2 Å². The van der Waals surface area contributed by atoms with Crippen LogP contribution in [-0.2, 0) is 0 Å². The normalized spacial score (nSPS) is 17.7. The van der Waals surface area contributed by atoms with Gasteiger partial charge in [0.15, 0.2) is 5.78 Å². The lowest BCUT2D eigenvalue weighted by atomic mass is 9.83. The molecule has 1 aliphatic rings. The first-order valence-corrected chi connectivity index (χ1v) is 7.65. The van der Waals surface area contributed by atoms with Gasteiger partial charge in [-0.05, 0) is 0 Å². The topological polar surface area (TPSA) is 20.3 Å². The summed E-state index contributed by atoms with van der Waals surface area (Å²) in [5.41, 5.74) is 0.525. The summed E-state index contributed by atoms with van der Waals surface area (Å²) >= 11 is 2.00. The van der Waals surface area contributed by atoms with Crippen molar-refractivity contribution in [1.82, 2.24) is 4.90 Å². The zero-order valence-electron chi connectivity index (χ0n) is 11.2. The molecular formula is C15H21NOS. The van der Waals surface area contributed by atoms with E-state index in [9.17, 15) is 4.79 Å². The van der Waals surface area contributed by atoms with E-state index in [0.29, 0.717) is 0 Å². The number of nitrogens with zero attached hydrogens (tertiary/aromatic N) is 1. The average molecular weight is 263 g/mol. The number of hydrogen-bond donors (Lipinski definition) is 0. The molecule has 0 spiro atoms. The second-order valence-electron chi connectivity index (χ2n) is 5.47. The summed E-state index contributed by atoms with van der Waals surface area (Å²) in [5, 5.41) is 0. The SMILES string of the molecule is CC(C)(CN1CCSCC1)C(=O)c1ccccc1. The van der Waals surface area contributed by atoms with Gasteiger partial charge in [-0.2, -0.15) is 11.8 Å². The van der Waals surface area contributed by atoms with E-state index in [2.05, 4.69) is 18.7 Å². The van der Waals surface area contributed by atoms with Crippen molar-refractivity contribution in [2.75, 3.05) is 31.1 Å². The largest absolute Gasteiger partial charge is 0.301 e. The van der Waals surface area contributed by atoms with Gasteiger partial charge in [0.25, 0.3) is 0 Å². The van der Waals surface area contributed by atoms with Crippen LogP contribution in [0.1, 0.15) is 24.2 Å². The molecule has 0 amide bonds. The Morgan fingerprint density at radius 3 is 2.44 bits per heavy atom. The number of Topliss-reactive ketones (excluding diaryl/α,β-unsaturated/α-hetero) is 1. The predicted molar refractivity (Wildman–Crippen MR) is 78.3 cm³/mol. The van der Waals surface area contributed by atoms with Crippen molar-refractivity contribution < 1.29 is 4.79 Å². The standard InChI is InChI=1S/C15H21NOS/c1-15(2,12-16-8-10-18-11-9-16)14(17)13-6-4-3-5-7-13/h3-7H,8-12H2,1-2H3. The minimum absolute atomic E-state index is 0.251. The first-order valence-electron chi connectivity index (χ1n) is 6.49. The Labute approximate surface area is 114 Å². The van der Waals surface area contributed by atoms with Crippen molar-refractivity contribution in [3.8, 4) is 0 Å². The van der Waals surface area contributed by atoms with Crippen LogP contribution in [0, 0.1) is 5.41 Å². The summed E-state index contributed by atoms with van der Waals surface area (Å²) in [7, 11) is 0. The van der Waals surface area contributed by atoms with Crippen LogP contribution in [-0.4, -0.2) is 41.8 Å². The molecule has 0 unspecified atom stereocenters. The molecule has 1 saturated heterocycles. The number of carbonyl (C=O) groups excluding carboxylic acids is 1. The average Bonchev–Trinajstić information content (AvgIpc) is 2.39. The maximum absolute atomic E-state index is 12.5. The second kappa shape index (κ2) is 5.89. The Balaban J connectivity index is 2.03. The highest BCUT2D eigenvalue weighted by molar-refractivity contribution is 7.99. The van der Waals surface area contributed by atoms with Crippen molar-refractivity contribution in [2.24, 2.45) is 5.41 Å². The lowest BCUT2D eigenvalue weighted by Gasteiger charge is -2.33. The van der Waals surface area contributed by atoms with Crippen LogP contribution in [0.4, 0.5) is 0 Å². The maximum Gasteiger partial charge on any atom is 0.169 e. The molecule has 1 aromatic rings. The van der Waals surface area contributed by atoms with Crippen molar-refractivity contribution >= 4 is 17.5 Å².